The van der Waals surface area contributed by atoms with Crippen molar-refractivity contribution in [1.82, 2.24) is 4.90 Å². The maximum Gasteiger partial charge on any atom is 0.391 e. The third kappa shape index (κ3) is 4.56. The van der Waals surface area contributed by atoms with Gasteiger partial charge in [0.1, 0.15) is 0 Å². The van der Waals surface area contributed by atoms with Gasteiger partial charge in [0.05, 0.1) is 12.3 Å². The predicted octanol–water partition coefficient (Wildman–Crippen LogP) is 3.04. The molecular weight excluding hydrogens is 231 g/mol. The van der Waals surface area contributed by atoms with E-state index in [0.29, 0.717) is 0 Å². The molecule has 17 heavy (non-hydrogen) atoms. The lowest BCUT2D eigenvalue weighted by Crippen LogP contribution is -2.43. The first-order chi connectivity index (χ1) is 7.59. The SMILES string of the molecule is CC(C)(C)[CH]C(=O)N1CCC(C(F)(F)F)CC1. The third-order valence-corrected chi connectivity index (χ3v) is 2.83. The van der Waals surface area contributed by atoms with Crippen LogP contribution in [0.4, 0.5) is 13.2 Å². The molecule has 0 N–H and O–H groups in total. The summed E-state index contributed by atoms with van der Waals surface area (Å²) in [7, 11) is 0. The summed E-state index contributed by atoms with van der Waals surface area (Å²) in [4.78, 5) is 13.3. The number of rotatable bonds is 1. The second kappa shape index (κ2) is 4.86. The number of halogens is 3. The summed E-state index contributed by atoms with van der Waals surface area (Å²) in [5, 5.41) is 0. The second-order valence-corrected chi connectivity index (χ2v) is 5.65. The predicted molar refractivity (Wildman–Crippen MR) is 59.1 cm³/mol. The van der Waals surface area contributed by atoms with Crippen LogP contribution in [0.15, 0.2) is 0 Å². The molecule has 1 aliphatic heterocycles. The van der Waals surface area contributed by atoms with Crippen LogP contribution in [0.5, 0.6) is 0 Å². The van der Waals surface area contributed by atoms with E-state index in [4.69, 9.17) is 0 Å². The van der Waals surface area contributed by atoms with Gasteiger partial charge in [0.2, 0.25) is 5.91 Å². The van der Waals surface area contributed by atoms with Crippen LogP contribution >= 0.6 is 0 Å². The highest BCUT2D eigenvalue weighted by Gasteiger charge is 2.41. The zero-order valence-electron chi connectivity index (χ0n) is 10.5. The summed E-state index contributed by atoms with van der Waals surface area (Å²) in [6.07, 6.45) is -2.51. The molecule has 2 nitrogen and oxygen atoms in total. The van der Waals surface area contributed by atoms with E-state index in [1.54, 1.807) is 6.42 Å². The Bertz CT molecular complexity index is 272. The van der Waals surface area contributed by atoms with Crippen LogP contribution < -0.4 is 0 Å². The lowest BCUT2D eigenvalue weighted by atomic mass is 9.90. The third-order valence-electron chi connectivity index (χ3n) is 2.83. The molecule has 0 aromatic rings. The summed E-state index contributed by atoms with van der Waals surface area (Å²) < 4.78 is 37.3. The van der Waals surface area contributed by atoms with Crippen LogP contribution in [0.25, 0.3) is 0 Å². The molecule has 1 saturated heterocycles. The van der Waals surface area contributed by atoms with E-state index in [1.807, 2.05) is 20.8 Å². The monoisotopic (exact) mass is 250 g/mol. The normalized spacial score (nSPS) is 19.5. The van der Waals surface area contributed by atoms with Gasteiger partial charge < -0.3 is 4.90 Å². The van der Waals surface area contributed by atoms with Gasteiger partial charge in [0.15, 0.2) is 0 Å². The number of nitrogens with zero attached hydrogens (tertiary/aromatic N) is 1. The lowest BCUT2D eigenvalue weighted by molar-refractivity contribution is -0.186. The molecule has 1 fully saturated rings. The quantitative estimate of drug-likeness (QED) is 0.700. The van der Waals surface area contributed by atoms with E-state index < -0.39 is 12.1 Å². The van der Waals surface area contributed by atoms with E-state index in [1.165, 1.54) is 4.90 Å². The van der Waals surface area contributed by atoms with E-state index in [-0.39, 0.29) is 37.3 Å². The standard InChI is InChI=1S/C12H19F3NO/c1-11(2,3)8-10(17)16-6-4-9(5-7-16)12(13,14)15/h8-9H,4-7H2,1-3H3. The summed E-state index contributed by atoms with van der Waals surface area (Å²) in [6.45, 7) is 6.10. The molecule has 1 aliphatic rings. The van der Waals surface area contributed by atoms with Crippen LogP contribution in [-0.2, 0) is 4.79 Å². The van der Waals surface area contributed by atoms with Crippen LogP contribution in [0.3, 0.4) is 0 Å². The zero-order chi connectivity index (χ0) is 13.3. The number of carbonyl (C=O) groups excluding carboxylic acids is 1. The van der Waals surface area contributed by atoms with Gasteiger partial charge in [-0.15, -0.1) is 0 Å². The first kappa shape index (κ1) is 14.3. The van der Waals surface area contributed by atoms with Crippen LogP contribution in [-0.4, -0.2) is 30.1 Å². The van der Waals surface area contributed by atoms with Crippen molar-refractivity contribution in [3.8, 4) is 0 Å². The van der Waals surface area contributed by atoms with Crippen molar-refractivity contribution >= 4 is 5.91 Å². The van der Waals surface area contributed by atoms with Gasteiger partial charge in [-0.05, 0) is 18.3 Å². The Labute approximate surface area is 100 Å². The fraction of sp³-hybridized carbons (Fsp3) is 0.833. The molecule has 0 atom stereocenters. The topological polar surface area (TPSA) is 20.3 Å². The molecule has 1 amide bonds. The molecule has 1 radical (unpaired) electrons. The summed E-state index contributed by atoms with van der Waals surface area (Å²) in [6, 6.07) is 0. The van der Waals surface area contributed by atoms with E-state index in [9.17, 15) is 18.0 Å². The summed E-state index contributed by atoms with van der Waals surface area (Å²) >= 11 is 0. The summed E-state index contributed by atoms with van der Waals surface area (Å²) in [5.41, 5.74) is -0.238. The first-order valence-corrected chi connectivity index (χ1v) is 5.81. The van der Waals surface area contributed by atoms with Gasteiger partial charge in [-0.25, -0.2) is 0 Å². The molecule has 0 aromatic carbocycles. The van der Waals surface area contributed by atoms with Crippen molar-refractivity contribution < 1.29 is 18.0 Å². The molecule has 0 aliphatic carbocycles. The van der Waals surface area contributed by atoms with Gasteiger partial charge in [-0.3, -0.25) is 4.79 Å². The second-order valence-electron chi connectivity index (χ2n) is 5.65. The van der Waals surface area contributed by atoms with Crippen molar-refractivity contribution in [2.45, 2.75) is 39.8 Å². The van der Waals surface area contributed by atoms with E-state index in [2.05, 4.69) is 0 Å². The number of alkyl halides is 3. The number of hydrogen-bond acceptors (Lipinski definition) is 1. The van der Waals surface area contributed by atoms with Crippen molar-refractivity contribution in [3.63, 3.8) is 0 Å². The molecular formula is C12H19F3NO. The molecule has 99 valence electrons. The Morgan fingerprint density at radius 1 is 1.18 bits per heavy atom. The Morgan fingerprint density at radius 2 is 1.65 bits per heavy atom. The molecule has 0 aromatic heterocycles. The van der Waals surface area contributed by atoms with Gasteiger partial charge >= 0.3 is 6.18 Å². The van der Waals surface area contributed by atoms with Crippen LogP contribution in [0.1, 0.15) is 33.6 Å². The molecule has 0 spiro atoms. The van der Waals surface area contributed by atoms with Crippen molar-refractivity contribution in [2.24, 2.45) is 11.3 Å². The van der Waals surface area contributed by atoms with Crippen molar-refractivity contribution in [2.75, 3.05) is 13.1 Å². The molecule has 1 heterocycles. The van der Waals surface area contributed by atoms with Crippen LogP contribution in [0, 0.1) is 17.8 Å². The average Bonchev–Trinajstić information content (AvgIpc) is 2.14. The largest absolute Gasteiger partial charge is 0.391 e. The fourth-order valence-corrected chi connectivity index (χ4v) is 1.89. The Morgan fingerprint density at radius 3 is 2.00 bits per heavy atom. The number of likely N-dealkylation sites (tertiary alicyclic amines) is 1. The van der Waals surface area contributed by atoms with E-state index in [0.717, 1.165) is 0 Å². The molecule has 0 saturated carbocycles. The van der Waals surface area contributed by atoms with Gasteiger partial charge in [-0.2, -0.15) is 13.2 Å². The average molecular weight is 250 g/mol. The number of carbonyl (C=O) groups is 1. The Kier molecular flexibility index (Phi) is 4.10. The number of amides is 1. The molecule has 1 rings (SSSR count). The minimum atomic E-state index is -4.12. The number of piperidine rings is 1. The first-order valence-electron chi connectivity index (χ1n) is 5.81. The van der Waals surface area contributed by atoms with Crippen LogP contribution in [0.2, 0.25) is 0 Å². The minimum absolute atomic E-state index is 0.0211. The van der Waals surface area contributed by atoms with Gasteiger partial charge in [0.25, 0.3) is 0 Å². The summed E-state index contributed by atoms with van der Waals surface area (Å²) in [5.74, 6) is -1.40. The molecule has 0 unspecified atom stereocenters. The maximum absolute atomic E-state index is 12.4. The zero-order valence-corrected chi connectivity index (χ0v) is 10.5. The highest BCUT2D eigenvalue weighted by Crippen LogP contribution is 2.34. The molecule has 5 heteroatoms. The van der Waals surface area contributed by atoms with Crippen molar-refractivity contribution in [1.29, 1.82) is 0 Å². The van der Waals surface area contributed by atoms with E-state index >= 15 is 0 Å². The highest BCUT2D eigenvalue weighted by molar-refractivity contribution is 5.85. The van der Waals surface area contributed by atoms with Gasteiger partial charge in [0, 0.05) is 13.1 Å². The molecule has 0 bridgehead atoms. The smallest absolute Gasteiger partial charge is 0.342 e. The maximum atomic E-state index is 12.4. The van der Waals surface area contributed by atoms with Gasteiger partial charge in [-0.1, -0.05) is 20.8 Å². The lowest BCUT2D eigenvalue weighted by Gasteiger charge is -2.34. The Balaban J connectivity index is 2.45. The highest BCUT2D eigenvalue weighted by atomic mass is 19.4. The minimum Gasteiger partial charge on any atom is -0.342 e. The number of hydrogen-bond donors (Lipinski definition) is 0. The van der Waals surface area contributed by atoms with Crippen molar-refractivity contribution in [3.05, 3.63) is 6.42 Å². The fourth-order valence-electron chi connectivity index (χ4n) is 1.89. The Hall–Kier alpha value is -0.740.